The number of benzene rings is 1. The maximum Gasteiger partial charge on any atom is 0.191 e. The zero-order chi connectivity index (χ0) is 16.4. The zero-order valence-corrected chi connectivity index (χ0v) is 17.4. The summed E-state index contributed by atoms with van der Waals surface area (Å²) in [7, 11) is 6.60. The Hall–Kier alpha value is -1.03. The van der Waals surface area contributed by atoms with E-state index in [0.29, 0.717) is 18.0 Å². The average Bonchev–Trinajstić information content (AvgIpc) is 2.57. The van der Waals surface area contributed by atoms with Crippen LogP contribution in [0.5, 0.6) is 17.2 Å². The Bertz CT molecular complexity index is 501. The molecule has 0 spiro atoms. The van der Waals surface area contributed by atoms with Crippen LogP contribution in [-0.2, 0) is 6.54 Å². The number of guanidine groups is 1. The third-order valence-corrected chi connectivity index (χ3v) is 3.67. The molecule has 0 saturated carbocycles. The second kappa shape index (κ2) is 12.4. The van der Waals surface area contributed by atoms with Gasteiger partial charge in [-0.2, -0.15) is 11.8 Å². The van der Waals surface area contributed by atoms with E-state index in [-0.39, 0.29) is 24.0 Å². The number of halogens is 1. The quantitative estimate of drug-likeness (QED) is 0.272. The predicted octanol–water partition coefficient (Wildman–Crippen LogP) is 2.36. The van der Waals surface area contributed by atoms with Crippen molar-refractivity contribution in [2.75, 3.05) is 46.9 Å². The molecule has 0 aromatic heterocycles. The number of rotatable bonds is 8. The number of thioether (sulfide) groups is 1. The zero-order valence-electron chi connectivity index (χ0n) is 14.3. The summed E-state index contributed by atoms with van der Waals surface area (Å²) in [5.41, 5.74) is 0.966. The summed E-state index contributed by atoms with van der Waals surface area (Å²) in [6, 6.07) is 3.72. The van der Waals surface area contributed by atoms with E-state index >= 15 is 0 Å². The van der Waals surface area contributed by atoms with Gasteiger partial charge in [-0.15, -0.1) is 24.0 Å². The number of aliphatic imine (C=N–C) groups is 1. The van der Waals surface area contributed by atoms with Crippen LogP contribution in [0.2, 0.25) is 0 Å². The summed E-state index contributed by atoms with van der Waals surface area (Å²) in [6.07, 6.45) is 2.08. The summed E-state index contributed by atoms with van der Waals surface area (Å²) in [5, 5.41) is 6.51. The molecule has 0 fully saturated rings. The molecule has 1 aromatic carbocycles. The minimum atomic E-state index is 0. The van der Waals surface area contributed by atoms with Gasteiger partial charge in [-0.3, -0.25) is 4.99 Å². The molecule has 0 atom stereocenters. The van der Waals surface area contributed by atoms with Gasteiger partial charge in [-0.1, -0.05) is 0 Å². The van der Waals surface area contributed by atoms with E-state index < -0.39 is 0 Å². The molecular weight excluding hydrogens is 429 g/mol. The smallest absolute Gasteiger partial charge is 0.191 e. The number of hydrogen-bond acceptors (Lipinski definition) is 5. The third-order valence-electron chi connectivity index (χ3n) is 3.06. The highest BCUT2D eigenvalue weighted by Crippen LogP contribution is 2.34. The Morgan fingerprint density at radius 2 is 1.65 bits per heavy atom. The van der Waals surface area contributed by atoms with E-state index in [4.69, 9.17) is 14.2 Å². The van der Waals surface area contributed by atoms with Crippen LogP contribution in [0.1, 0.15) is 5.56 Å². The lowest BCUT2D eigenvalue weighted by Gasteiger charge is -2.16. The van der Waals surface area contributed by atoms with Crippen LogP contribution in [0.3, 0.4) is 0 Å². The first-order valence-corrected chi connectivity index (χ1v) is 8.31. The van der Waals surface area contributed by atoms with Gasteiger partial charge in [-0.05, 0) is 12.3 Å². The highest BCUT2D eigenvalue weighted by Gasteiger charge is 2.12. The molecule has 0 saturated heterocycles. The Morgan fingerprint density at radius 1 is 1.04 bits per heavy atom. The molecule has 1 aromatic rings. The van der Waals surface area contributed by atoms with Crippen molar-refractivity contribution in [2.45, 2.75) is 6.54 Å². The van der Waals surface area contributed by atoms with E-state index in [9.17, 15) is 0 Å². The van der Waals surface area contributed by atoms with Gasteiger partial charge in [0.05, 0.1) is 21.3 Å². The number of nitrogens with one attached hydrogen (secondary N) is 2. The van der Waals surface area contributed by atoms with Crippen LogP contribution < -0.4 is 24.8 Å². The van der Waals surface area contributed by atoms with Crippen LogP contribution in [0, 0.1) is 0 Å². The topological polar surface area (TPSA) is 64.1 Å². The molecule has 1 rings (SSSR count). The Kier molecular flexibility index (Phi) is 11.8. The number of hydrogen-bond donors (Lipinski definition) is 2. The van der Waals surface area contributed by atoms with Gasteiger partial charge in [0, 0.05) is 37.5 Å². The van der Waals surface area contributed by atoms with Gasteiger partial charge >= 0.3 is 0 Å². The van der Waals surface area contributed by atoms with Crippen molar-refractivity contribution in [3.63, 3.8) is 0 Å². The van der Waals surface area contributed by atoms with Gasteiger partial charge < -0.3 is 24.8 Å². The monoisotopic (exact) mass is 455 g/mol. The molecular formula is C15H26IN3O3S. The van der Waals surface area contributed by atoms with Crippen molar-refractivity contribution in [1.82, 2.24) is 10.6 Å². The number of ether oxygens (including phenoxy) is 3. The van der Waals surface area contributed by atoms with Crippen LogP contribution in [0.4, 0.5) is 0 Å². The second-order valence-corrected chi connectivity index (χ2v) is 5.35. The molecule has 0 amide bonds. The fourth-order valence-corrected chi connectivity index (χ4v) is 2.21. The normalized spacial score (nSPS) is 10.6. The predicted molar refractivity (Wildman–Crippen MR) is 108 cm³/mol. The molecule has 2 N–H and O–H groups in total. The molecule has 23 heavy (non-hydrogen) atoms. The fraction of sp³-hybridized carbons (Fsp3) is 0.533. The van der Waals surface area contributed by atoms with Crippen molar-refractivity contribution in [1.29, 1.82) is 0 Å². The first-order valence-electron chi connectivity index (χ1n) is 6.92. The molecule has 0 bridgehead atoms. The highest BCUT2D eigenvalue weighted by atomic mass is 127. The van der Waals surface area contributed by atoms with Gasteiger partial charge in [0.2, 0.25) is 0 Å². The molecule has 8 heteroatoms. The fourth-order valence-electron chi connectivity index (χ4n) is 1.90. The highest BCUT2D eigenvalue weighted by molar-refractivity contribution is 14.0. The Labute approximate surface area is 159 Å². The lowest BCUT2D eigenvalue weighted by molar-refractivity contribution is 0.347. The molecule has 0 aliphatic heterocycles. The van der Waals surface area contributed by atoms with Crippen molar-refractivity contribution in [3.05, 3.63) is 17.7 Å². The standard InChI is InChI=1S/C15H25N3O3S.HI/c1-16-15(17-6-7-22-5)18-10-11-8-13(20-3)14(21-4)9-12(11)19-2;/h8-9H,6-7,10H2,1-5H3,(H2,16,17,18);1H. The van der Waals surface area contributed by atoms with Gasteiger partial charge in [0.15, 0.2) is 17.5 Å². The maximum absolute atomic E-state index is 5.41. The van der Waals surface area contributed by atoms with Crippen LogP contribution in [0.25, 0.3) is 0 Å². The van der Waals surface area contributed by atoms with Crippen LogP contribution in [0.15, 0.2) is 17.1 Å². The first kappa shape index (κ1) is 22.0. The Balaban J connectivity index is 0.00000484. The molecule has 0 radical (unpaired) electrons. The Morgan fingerprint density at radius 3 is 2.17 bits per heavy atom. The number of nitrogens with zero attached hydrogens (tertiary/aromatic N) is 1. The SMILES string of the molecule is CN=C(NCCSC)NCc1cc(OC)c(OC)cc1OC.I. The molecule has 0 aliphatic rings. The van der Waals surface area contributed by atoms with E-state index in [1.807, 2.05) is 12.1 Å². The lowest BCUT2D eigenvalue weighted by Crippen LogP contribution is -2.38. The third kappa shape index (κ3) is 6.94. The van der Waals surface area contributed by atoms with Crippen molar-refractivity contribution < 1.29 is 14.2 Å². The van der Waals surface area contributed by atoms with Gasteiger partial charge in [-0.25, -0.2) is 0 Å². The summed E-state index contributed by atoms with van der Waals surface area (Å²) < 4.78 is 16.0. The molecule has 0 aliphatic carbocycles. The summed E-state index contributed by atoms with van der Waals surface area (Å²) in [6.45, 7) is 1.44. The minimum Gasteiger partial charge on any atom is -0.496 e. The number of methoxy groups -OCH3 is 3. The second-order valence-electron chi connectivity index (χ2n) is 4.36. The van der Waals surface area contributed by atoms with Crippen LogP contribution >= 0.6 is 35.7 Å². The van der Waals surface area contributed by atoms with E-state index in [1.54, 1.807) is 40.1 Å². The van der Waals surface area contributed by atoms with Gasteiger partial charge in [0.25, 0.3) is 0 Å². The summed E-state index contributed by atoms with van der Waals surface area (Å²) in [4.78, 5) is 4.20. The van der Waals surface area contributed by atoms with Crippen LogP contribution in [-0.4, -0.2) is 52.9 Å². The minimum absolute atomic E-state index is 0. The first-order chi connectivity index (χ1) is 10.7. The van der Waals surface area contributed by atoms with Crippen molar-refractivity contribution in [3.8, 4) is 17.2 Å². The van der Waals surface area contributed by atoms with Crippen molar-refractivity contribution in [2.24, 2.45) is 4.99 Å². The molecule has 0 heterocycles. The van der Waals surface area contributed by atoms with E-state index in [0.717, 1.165) is 29.6 Å². The maximum atomic E-state index is 5.41. The average molecular weight is 455 g/mol. The molecule has 132 valence electrons. The largest absolute Gasteiger partial charge is 0.496 e. The van der Waals surface area contributed by atoms with Crippen molar-refractivity contribution >= 4 is 41.7 Å². The molecule has 0 unspecified atom stereocenters. The lowest BCUT2D eigenvalue weighted by atomic mass is 10.1. The summed E-state index contributed by atoms with van der Waals surface area (Å²) >= 11 is 1.79. The molecule has 6 nitrogen and oxygen atoms in total. The van der Waals surface area contributed by atoms with E-state index in [1.165, 1.54) is 0 Å². The van der Waals surface area contributed by atoms with E-state index in [2.05, 4.69) is 21.9 Å². The van der Waals surface area contributed by atoms with Gasteiger partial charge in [0.1, 0.15) is 5.75 Å². The summed E-state index contributed by atoms with van der Waals surface area (Å²) in [5.74, 6) is 3.84.